The number of fused-ring (bicyclic) bond motifs is 1. The van der Waals surface area contributed by atoms with Gasteiger partial charge in [-0.1, -0.05) is 18.2 Å². The second kappa shape index (κ2) is 4.75. The minimum Gasteiger partial charge on any atom is -0.362 e. The van der Waals surface area contributed by atoms with Gasteiger partial charge in [0.2, 0.25) is 0 Å². The normalized spacial score (nSPS) is 15.2. The summed E-state index contributed by atoms with van der Waals surface area (Å²) < 4.78 is 0. The van der Waals surface area contributed by atoms with Gasteiger partial charge in [-0.05, 0) is 35.7 Å². The second-order valence-corrected chi connectivity index (χ2v) is 5.79. The van der Waals surface area contributed by atoms with E-state index in [4.69, 9.17) is 0 Å². The van der Waals surface area contributed by atoms with Gasteiger partial charge in [-0.2, -0.15) is 0 Å². The highest BCUT2D eigenvalue weighted by Gasteiger charge is 2.27. The molecule has 0 bridgehead atoms. The van der Waals surface area contributed by atoms with Crippen LogP contribution in [0.2, 0.25) is 0 Å². The van der Waals surface area contributed by atoms with Crippen LogP contribution >= 0.6 is 11.3 Å². The Morgan fingerprint density at radius 2 is 2.00 bits per heavy atom. The lowest BCUT2D eigenvalue weighted by molar-refractivity contribution is -0.110. The van der Waals surface area contributed by atoms with Crippen molar-refractivity contribution in [3.05, 3.63) is 65.3 Å². The van der Waals surface area contributed by atoms with Crippen LogP contribution in [0.1, 0.15) is 11.3 Å². The largest absolute Gasteiger partial charge is 0.362 e. The van der Waals surface area contributed by atoms with Crippen molar-refractivity contribution in [2.24, 2.45) is 0 Å². The van der Waals surface area contributed by atoms with E-state index in [-0.39, 0.29) is 5.91 Å². The minimum atomic E-state index is -0.0522. The number of aromatic amines is 1. The number of carbonyl (C=O) groups is 1. The van der Waals surface area contributed by atoms with Crippen molar-refractivity contribution in [3.8, 4) is 10.4 Å². The molecule has 2 N–H and O–H groups in total. The van der Waals surface area contributed by atoms with E-state index in [1.165, 1.54) is 4.88 Å². The van der Waals surface area contributed by atoms with E-state index in [0.29, 0.717) is 5.57 Å². The number of H-pyrrole nitrogens is 1. The summed E-state index contributed by atoms with van der Waals surface area (Å²) in [6.45, 7) is 0. The number of rotatable bonds is 2. The highest BCUT2D eigenvalue weighted by molar-refractivity contribution is 7.13. The lowest BCUT2D eigenvalue weighted by Crippen LogP contribution is -2.03. The number of aromatic nitrogens is 1. The van der Waals surface area contributed by atoms with E-state index in [9.17, 15) is 4.79 Å². The zero-order chi connectivity index (χ0) is 14.2. The van der Waals surface area contributed by atoms with Crippen molar-refractivity contribution in [2.75, 3.05) is 5.32 Å². The van der Waals surface area contributed by atoms with Gasteiger partial charge < -0.3 is 10.3 Å². The molecule has 0 saturated carbocycles. The van der Waals surface area contributed by atoms with Gasteiger partial charge in [0.15, 0.2) is 0 Å². The number of thiophene rings is 1. The van der Waals surface area contributed by atoms with E-state index < -0.39 is 0 Å². The van der Waals surface area contributed by atoms with Crippen molar-refractivity contribution in [1.29, 1.82) is 0 Å². The van der Waals surface area contributed by atoms with E-state index >= 15 is 0 Å². The first-order valence-electron chi connectivity index (χ1n) is 6.66. The number of anilines is 1. The SMILES string of the molecule is O=C1Nc2cccc(-c3cccs3)c2/C1=C/c1ccc[nH]1. The van der Waals surface area contributed by atoms with Gasteiger partial charge in [0.1, 0.15) is 0 Å². The maximum absolute atomic E-state index is 12.3. The Balaban J connectivity index is 1.93. The smallest absolute Gasteiger partial charge is 0.256 e. The van der Waals surface area contributed by atoms with E-state index in [0.717, 1.165) is 22.5 Å². The first kappa shape index (κ1) is 12.2. The third-order valence-corrected chi connectivity index (χ3v) is 4.44. The molecule has 3 nitrogen and oxygen atoms in total. The molecule has 0 aliphatic carbocycles. The lowest BCUT2D eigenvalue weighted by atomic mass is 9.98. The molecule has 1 aromatic carbocycles. The Bertz CT molecular complexity index is 830. The quantitative estimate of drug-likeness (QED) is 0.682. The van der Waals surface area contributed by atoms with Crippen LogP contribution < -0.4 is 5.32 Å². The van der Waals surface area contributed by atoms with Gasteiger partial charge >= 0.3 is 0 Å². The van der Waals surface area contributed by atoms with Gasteiger partial charge in [-0.25, -0.2) is 0 Å². The van der Waals surface area contributed by atoms with Crippen LogP contribution in [0.3, 0.4) is 0 Å². The van der Waals surface area contributed by atoms with Crippen LogP contribution in [0, 0.1) is 0 Å². The number of hydrogen-bond acceptors (Lipinski definition) is 2. The summed E-state index contributed by atoms with van der Waals surface area (Å²) in [5.74, 6) is -0.0522. The average Bonchev–Trinajstić information content (AvgIpc) is 3.21. The van der Waals surface area contributed by atoms with Crippen LogP contribution in [0.4, 0.5) is 5.69 Å². The molecule has 0 fully saturated rings. The molecule has 3 heterocycles. The van der Waals surface area contributed by atoms with E-state index in [1.807, 2.05) is 48.0 Å². The molecule has 0 radical (unpaired) electrons. The zero-order valence-corrected chi connectivity index (χ0v) is 11.9. The molecule has 0 atom stereocenters. The topological polar surface area (TPSA) is 44.9 Å². The van der Waals surface area contributed by atoms with Gasteiger partial charge in [0.25, 0.3) is 5.91 Å². The van der Waals surface area contributed by atoms with Crippen LogP contribution in [0.15, 0.2) is 54.0 Å². The average molecular weight is 292 g/mol. The Morgan fingerprint density at radius 1 is 1.05 bits per heavy atom. The number of nitrogens with one attached hydrogen (secondary N) is 2. The molecule has 0 saturated heterocycles. The second-order valence-electron chi connectivity index (χ2n) is 4.84. The van der Waals surface area contributed by atoms with E-state index in [1.54, 1.807) is 11.3 Å². The van der Waals surface area contributed by atoms with Gasteiger partial charge in [0, 0.05) is 33.6 Å². The summed E-state index contributed by atoms with van der Waals surface area (Å²) in [6.07, 6.45) is 3.75. The van der Waals surface area contributed by atoms with Crippen LogP contribution in [0.5, 0.6) is 0 Å². The first-order chi connectivity index (χ1) is 10.3. The molecule has 21 heavy (non-hydrogen) atoms. The van der Waals surface area contributed by atoms with Gasteiger partial charge in [-0.15, -0.1) is 11.3 Å². The molecule has 1 aliphatic rings. The Hall–Kier alpha value is -2.59. The molecule has 0 unspecified atom stereocenters. The molecular weight excluding hydrogens is 280 g/mol. The summed E-state index contributed by atoms with van der Waals surface area (Å²) in [6, 6.07) is 14.0. The molecule has 4 heteroatoms. The molecule has 102 valence electrons. The van der Waals surface area contributed by atoms with Gasteiger partial charge in [0.05, 0.1) is 5.57 Å². The molecule has 4 rings (SSSR count). The summed E-state index contributed by atoms with van der Waals surface area (Å²) in [7, 11) is 0. The van der Waals surface area contributed by atoms with Crippen molar-refractivity contribution in [1.82, 2.24) is 4.98 Å². The number of hydrogen-bond donors (Lipinski definition) is 2. The Morgan fingerprint density at radius 3 is 2.76 bits per heavy atom. The predicted molar refractivity (Wildman–Crippen MR) is 87.0 cm³/mol. The highest BCUT2D eigenvalue weighted by Crippen LogP contribution is 2.41. The van der Waals surface area contributed by atoms with Crippen LogP contribution in [-0.2, 0) is 4.79 Å². The van der Waals surface area contributed by atoms with Crippen molar-refractivity contribution >= 4 is 34.6 Å². The van der Waals surface area contributed by atoms with Crippen LogP contribution in [0.25, 0.3) is 22.1 Å². The third-order valence-electron chi connectivity index (χ3n) is 3.54. The molecular formula is C17H12N2OS. The molecule has 3 aromatic rings. The molecule has 1 aliphatic heterocycles. The maximum Gasteiger partial charge on any atom is 0.256 e. The molecule has 0 spiro atoms. The third kappa shape index (κ3) is 2.00. The lowest BCUT2D eigenvalue weighted by Gasteiger charge is -2.06. The van der Waals surface area contributed by atoms with Crippen molar-refractivity contribution in [2.45, 2.75) is 0 Å². The van der Waals surface area contributed by atoms with Crippen LogP contribution in [-0.4, -0.2) is 10.9 Å². The Kier molecular flexibility index (Phi) is 2.75. The number of benzene rings is 1. The molecule has 2 aromatic heterocycles. The summed E-state index contributed by atoms with van der Waals surface area (Å²) in [5.41, 5.74) is 4.59. The fourth-order valence-corrected chi connectivity index (χ4v) is 3.37. The minimum absolute atomic E-state index is 0.0522. The fourth-order valence-electron chi connectivity index (χ4n) is 2.61. The van der Waals surface area contributed by atoms with Gasteiger partial charge in [-0.3, -0.25) is 4.79 Å². The predicted octanol–water partition coefficient (Wildman–Crippen LogP) is 4.24. The van der Waals surface area contributed by atoms with Crippen molar-refractivity contribution in [3.63, 3.8) is 0 Å². The monoisotopic (exact) mass is 292 g/mol. The maximum atomic E-state index is 12.3. The number of amides is 1. The Labute approximate surface area is 126 Å². The standard InChI is InChI=1S/C17H12N2OS/c20-17-13(10-11-4-2-8-18-11)16-12(15-7-3-9-21-15)5-1-6-14(16)19-17/h1-10,18H,(H,19,20)/b13-10-. The van der Waals surface area contributed by atoms with E-state index in [2.05, 4.69) is 22.4 Å². The number of carbonyl (C=O) groups excluding carboxylic acids is 1. The van der Waals surface area contributed by atoms with Crippen molar-refractivity contribution < 1.29 is 4.79 Å². The molecule has 1 amide bonds. The highest BCUT2D eigenvalue weighted by atomic mass is 32.1. The zero-order valence-electron chi connectivity index (χ0n) is 11.1. The first-order valence-corrected chi connectivity index (χ1v) is 7.54. The fraction of sp³-hybridized carbons (Fsp3) is 0. The summed E-state index contributed by atoms with van der Waals surface area (Å²) in [4.78, 5) is 16.6. The summed E-state index contributed by atoms with van der Waals surface area (Å²) in [5, 5.41) is 4.99. The summed E-state index contributed by atoms with van der Waals surface area (Å²) >= 11 is 1.68.